The molecule has 0 fully saturated rings. The largest absolute Gasteiger partial charge is 0.463 e. The molecule has 13 heavy (non-hydrogen) atoms. The standard InChI is InChI=1S/C7H10ClN3O2/c8-2-4-11-7(12)10-3-1-5-13-6(10)9-11/h1-5H2. The summed E-state index contributed by atoms with van der Waals surface area (Å²) in [7, 11) is 0. The minimum Gasteiger partial charge on any atom is -0.463 e. The molecule has 0 bridgehead atoms. The molecule has 0 saturated carbocycles. The Hall–Kier alpha value is -0.970. The van der Waals surface area contributed by atoms with Gasteiger partial charge in [0.2, 0.25) is 0 Å². The molecule has 0 unspecified atom stereocenters. The van der Waals surface area contributed by atoms with Gasteiger partial charge < -0.3 is 4.74 Å². The quantitative estimate of drug-likeness (QED) is 0.639. The number of aryl methyl sites for hydroxylation is 1. The molecule has 0 amide bonds. The lowest BCUT2D eigenvalue weighted by Crippen LogP contribution is -2.27. The molecule has 72 valence electrons. The second kappa shape index (κ2) is 3.41. The van der Waals surface area contributed by atoms with E-state index in [2.05, 4.69) is 5.10 Å². The van der Waals surface area contributed by atoms with E-state index in [1.807, 2.05) is 0 Å². The van der Waals surface area contributed by atoms with Gasteiger partial charge in [-0.3, -0.25) is 0 Å². The third kappa shape index (κ3) is 1.44. The van der Waals surface area contributed by atoms with E-state index < -0.39 is 0 Å². The van der Waals surface area contributed by atoms with Gasteiger partial charge in [-0.25, -0.2) is 14.0 Å². The smallest absolute Gasteiger partial charge is 0.348 e. The van der Waals surface area contributed by atoms with Crippen LogP contribution in [0.1, 0.15) is 6.42 Å². The monoisotopic (exact) mass is 203 g/mol. The number of rotatable bonds is 2. The molecule has 0 saturated heterocycles. The lowest BCUT2D eigenvalue weighted by Gasteiger charge is -2.11. The highest BCUT2D eigenvalue weighted by Crippen LogP contribution is 2.10. The zero-order valence-corrected chi connectivity index (χ0v) is 7.83. The summed E-state index contributed by atoms with van der Waals surface area (Å²) in [5.74, 6) is 0.385. The predicted octanol–water partition coefficient (Wildman–Crippen LogP) is 0.0661. The topological polar surface area (TPSA) is 49.0 Å². The van der Waals surface area contributed by atoms with Crippen molar-refractivity contribution in [3.8, 4) is 6.01 Å². The number of hydrogen-bond acceptors (Lipinski definition) is 3. The van der Waals surface area contributed by atoms with Crippen LogP contribution in [0.15, 0.2) is 4.79 Å². The second-order valence-electron chi connectivity index (χ2n) is 2.83. The van der Waals surface area contributed by atoms with E-state index in [1.165, 1.54) is 9.25 Å². The Bertz CT molecular complexity index is 357. The molecule has 2 rings (SSSR count). The van der Waals surface area contributed by atoms with Crippen LogP contribution in [0.4, 0.5) is 0 Å². The average molecular weight is 204 g/mol. The Kier molecular flexibility index (Phi) is 2.26. The van der Waals surface area contributed by atoms with Gasteiger partial charge in [-0.2, -0.15) is 0 Å². The van der Waals surface area contributed by atoms with Crippen LogP contribution in [0, 0.1) is 0 Å². The molecular weight excluding hydrogens is 194 g/mol. The number of alkyl halides is 1. The van der Waals surface area contributed by atoms with Crippen molar-refractivity contribution in [3.05, 3.63) is 10.5 Å². The minimum atomic E-state index is -0.129. The third-order valence-corrected chi connectivity index (χ3v) is 2.11. The van der Waals surface area contributed by atoms with Crippen molar-refractivity contribution in [3.63, 3.8) is 0 Å². The fourth-order valence-electron chi connectivity index (χ4n) is 1.33. The normalized spacial score (nSPS) is 15.2. The van der Waals surface area contributed by atoms with Crippen LogP contribution < -0.4 is 10.4 Å². The first-order valence-electron chi connectivity index (χ1n) is 4.19. The molecule has 0 radical (unpaired) electrons. The van der Waals surface area contributed by atoms with Gasteiger partial charge in [0.25, 0.3) is 0 Å². The van der Waals surface area contributed by atoms with Gasteiger partial charge in [0.1, 0.15) is 0 Å². The van der Waals surface area contributed by atoms with Crippen LogP contribution in [-0.4, -0.2) is 26.8 Å². The Morgan fingerprint density at radius 3 is 3.15 bits per heavy atom. The van der Waals surface area contributed by atoms with E-state index in [0.29, 0.717) is 31.6 Å². The summed E-state index contributed by atoms with van der Waals surface area (Å²) >= 11 is 5.52. The zero-order chi connectivity index (χ0) is 9.26. The number of halogens is 1. The van der Waals surface area contributed by atoms with Gasteiger partial charge in [0.05, 0.1) is 13.2 Å². The number of fused-ring (bicyclic) bond motifs is 1. The number of ether oxygens (including phenoxy) is 1. The molecule has 0 atom stereocenters. The Balaban J connectivity index is 2.39. The number of aromatic nitrogens is 3. The van der Waals surface area contributed by atoms with E-state index >= 15 is 0 Å². The molecule has 5 nitrogen and oxygen atoms in total. The summed E-state index contributed by atoms with van der Waals surface area (Å²) in [6.07, 6.45) is 0.861. The first-order valence-corrected chi connectivity index (χ1v) is 4.73. The maximum absolute atomic E-state index is 11.5. The Labute approximate surface area is 79.9 Å². The van der Waals surface area contributed by atoms with E-state index in [1.54, 1.807) is 0 Å². The van der Waals surface area contributed by atoms with Crippen molar-refractivity contribution < 1.29 is 4.74 Å². The van der Waals surface area contributed by atoms with Gasteiger partial charge in [-0.15, -0.1) is 16.7 Å². The van der Waals surface area contributed by atoms with Crippen molar-refractivity contribution in [2.75, 3.05) is 12.5 Å². The average Bonchev–Trinajstić information content (AvgIpc) is 2.46. The lowest BCUT2D eigenvalue weighted by atomic mass is 10.4. The van der Waals surface area contributed by atoms with Crippen LogP contribution in [0.2, 0.25) is 0 Å². The van der Waals surface area contributed by atoms with Crippen molar-refractivity contribution in [2.24, 2.45) is 0 Å². The van der Waals surface area contributed by atoms with Gasteiger partial charge in [0, 0.05) is 12.4 Å². The fourth-order valence-corrected chi connectivity index (χ4v) is 1.49. The van der Waals surface area contributed by atoms with Gasteiger partial charge in [-0.05, 0) is 6.42 Å². The van der Waals surface area contributed by atoms with Crippen LogP contribution >= 0.6 is 11.6 Å². The van der Waals surface area contributed by atoms with Gasteiger partial charge >= 0.3 is 11.7 Å². The van der Waals surface area contributed by atoms with Crippen molar-refractivity contribution in [1.82, 2.24) is 14.3 Å². The van der Waals surface area contributed by atoms with Gasteiger partial charge in [0.15, 0.2) is 0 Å². The summed E-state index contributed by atoms with van der Waals surface area (Å²) in [5, 5.41) is 4.00. The summed E-state index contributed by atoms with van der Waals surface area (Å²) in [6.45, 7) is 1.76. The molecule has 0 aromatic carbocycles. The summed E-state index contributed by atoms with van der Waals surface area (Å²) in [6, 6.07) is 0.418. The van der Waals surface area contributed by atoms with E-state index in [0.717, 1.165) is 6.42 Å². The fraction of sp³-hybridized carbons (Fsp3) is 0.714. The Morgan fingerprint density at radius 2 is 2.46 bits per heavy atom. The third-order valence-electron chi connectivity index (χ3n) is 1.94. The highest BCUT2D eigenvalue weighted by molar-refractivity contribution is 6.17. The van der Waals surface area contributed by atoms with E-state index in [9.17, 15) is 4.79 Å². The predicted molar refractivity (Wildman–Crippen MR) is 47.3 cm³/mol. The van der Waals surface area contributed by atoms with Crippen LogP contribution in [0.3, 0.4) is 0 Å². The lowest BCUT2D eigenvalue weighted by molar-refractivity contribution is 0.228. The summed E-state index contributed by atoms with van der Waals surface area (Å²) < 4.78 is 8.10. The molecule has 0 spiro atoms. The summed E-state index contributed by atoms with van der Waals surface area (Å²) in [4.78, 5) is 11.5. The molecule has 1 aliphatic rings. The molecular formula is C7H10ClN3O2. The van der Waals surface area contributed by atoms with Crippen LogP contribution in [0.5, 0.6) is 6.01 Å². The van der Waals surface area contributed by atoms with E-state index in [-0.39, 0.29) is 5.69 Å². The molecule has 0 aliphatic carbocycles. The van der Waals surface area contributed by atoms with Crippen LogP contribution in [-0.2, 0) is 13.1 Å². The highest BCUT2D eigenvalue weighted by Gasteiger charge is 2.17. The summed E-state index contributed by atoms with van der Waals surface area (Å²) in [5.41, 5.74) is -0.129. The zero-order valence-electron chi connectivity index (χ0n) is 7.07. The maximum atomic E-state index is 11.5. The van der Waals surface area contributed by atoms with Crippen LogP contribution in [0.25, 0.3) is 0 Å². The molecule has 1 aromatic heterocycles. The maximum Gasteiger partial charge on any atom is 0.348 e. The van der Waals surface area contributed by atoms with Crippen molar-refractivity contribution >= 4 is 11.6 Å². The first kappa shape index (κ1) is 8.62. The molecule has 0 N–H and O–H groups in total. The molecule has 2 heterocycles. The van der Waals surface area contributed by atoms with E-state index in [4.69, 9.17) is 16.3 Å². The van der Waals surface area contributed by atoms with Crippen molar-refractivity contribution in [1.29, 1.82) is 0 Å². The molecule has 1 aromatic rings. The number of hydrogen-bond donors (Lipinski definition) is 0. The highest BCUT2D eigenvalue weighted by atomic mass is 35.5. The molecule has 6 heteroatoms. The van der Waals surface area contributed by atoms with Crippen molar-refractivity contribution in [2.45, 2.75) is 19.5 Å². The second-order valence-corrected chi connectivity index (χ2v) is 3.21. The Morgan fingerprint density at radius 1 is 1.62 bits per heavy atom. The molecule has 1 aliphatic heterocycles. The minimum absolute atomic E-state index is 0.129. The SMILES string of the molecule is O=c1n(CCCl)nc2n1CCCO2. The number of nitrogens with zero attached hydrogens (tertiary/aromatic N) is 3. The first-order chi connectivity index (χ1) is 6.33. The van der Waals surface area contributed by atoms with Gasteiger partial charge in [-0.1, -0.05) is 0 Å².